The van der Waals surface area contributed by atoms with Gasteiger partial charge in [0.15, 0.2) is 0 Å². The Kier molecular flexibility index (Phi) is 6.79. The first-order valence-corrected chi connectivity index (χ1v) is 10.3. The number of anilines is 2. The lowest BCUT2D eigenvalue weighted by atomic mass is 10.1. The van der Waals surface area contributed by atoms with Gasteiger partial charge in [-0.3, -0.25) is 4.90 Å². The Morgan fingerprint density at radius 3 is 1.93 bits per heavy atom. The maximum Gasteiger partial charge on any atom is 0.119 e. The predicted octanol–water partition coefficient (Wildman–Crippen LogP) is 4.74. The van der Waals surface area contributed by atoms with Crippen LogP contribution in [0.3, 0.4) is 0 Å². The second kappa shape index (κ2) is 10.1. The summed E-state index contributed by atoms with van der Waals surface area (Å²) in [5.74, 6) is 0.924. The van der Waals surface area contributed by atoms with Gasteiger partial charge < -0.3 is 14.4 Å². The molecule has 1 saturated heterocycles. The quantitative estimate of drug-likeness (QED) is 0.557. The Morgan fingerprint density at radius 1 is 0.759 bits per heavy atom. The van der Waals surface area contributed by atoms with E-state index >= 15 is 0 Å². The van der Waals surface area contributed by atoms with E-state index < -0.39 is 0 Å². The van der Waals surface area contributed by atoms with Crippen molar-refractivity contribution in [1.29, 1.82) is 0 Å². The molecule has 1 heterocycles. The van der Waals surface area contributed by atoms with Crippen LogP contribution in [0.5, 0.6) is 5.75 Å². The second-order valence-corrected chi connectivity index (χ2v) is 7.20. The van der Waals surface area contributed by atoms with Crippen LogP contribution in [-0.2, 0) is 11.3 Å². The Morgan fingerprint density at radius 2 is 1.34 bits per heavy atom. The third kappa shape index (κ3) is 5.59. The van der Waals surface area contributed by atoms with E-state index in [2.05, 4.69) is 94.7 Å². The van der Waals surface area contributed by atoms with Gasteiger partial charge in [-0.2, -0.15) is 0 Å². The first kappa shape index (κ1) is 19.5. The summed E-state index contributed by atoms with van der Waals surface area (Å²) in [4.78, 5) is 4.71. The molecule has 0 amide bonds. The molecule has 0 spiro atoms. The summed E-state index contributed by atoms with van der Waals surface area (Å²) in [6, 6.07) is 29.5. The zero-order valence-corrected chi connectivity index (χ0v) is 16.7. The fourth-order valence-corrected chi connectivity index (χ4v) is 3.54. The summed E-state index contributed by atoms with van der Waals surface area (Å²) in [5, 5.41) is 0. The molecule has 3 aromatic rings. The lowest BCUT2D eigenvalue weighted by molar-refractivity contribution is 0.0322. The molecule has 29 heavy (non-hydrogen) atoms. The van der Waals surface area contributed by atoms with Crippen molar-refractivity contribution in [3.05, 3.63) is 90.5 Å². The third-order valence-electron chi connectivity index (χ3n) is 5.18. The normalized spacial score (nSPS) is 14.5. The van der Waals surface area contributed by atoms with Gasteiger partial charge in [0.05, 0.1) is 13.2 Å². The van der Waals surface area contributed by atoms with Crippen molar-refractivity contribution in [3.63, 3.8) is 0 Å². The van der Waals surface area contributed by atoms with Crippen LogP contribution in [0.4, 0.5) is 11.4 Å². The summed E-state index contributed by atoms with van der Waals surface area (Å²) in [5.41, 5.74) is 3.62. The number of rotatable bonds is 8. The summed E-state index contributed by atoms with van der Waals surface area (Å²) in [6.07, 6.45) is 0. The highest BCUT2D eigenvalue weighted by molar-refractivity contribution is 5.63. The first-order chi connectivity index (χ1) is 14.4. The average Bonchev–Trinajstić information content (AvgIpc) is 2.80. The maximum atomic E-state index is 5.94. The Hall–Kier alpha value is -2.82. The van der Waals surface area contributed by atoms with Gasteiger partial charge in [-0.05, 0) is 42.0 Å². The lowest BCUT2D eigenvalue weighted by Crippen LogP contribution is -2.38. The summed E-state index contributed by atoms with van der Waals surface area (Å²) < 4.78 is 11.3. The predicted molar refractivity (Wildman–Crippen MR) is 118 cm³/mol. The van der Waals surface area contributed by atoms with Crippen molar-refractivity contribution in [3.8, 4) is 5.75 Å². The number of hydrogen-bond donors (Lipinski definition) is 0. The van der Waals surface area contributed by atoms with Gasteiger partial charge in [0.1, 0.15) is 12.4 Å². The smallest absolute Gasteiger partial charge is 0.119 e. The number of hydrogen-bond acceptors (Lipinski definition) is 4. The monoisotopic (exact) mass is 388 g/mol. The van der Waals surface area contributed by atoms with E-state index in [9.17, 15) is 0 Å². The molecule has 0 atom stereocenters. The molecule has 0 aromatic heterocycles. The minimum absolute atomic E-state index is 0.708. The largest absolute Gasteiger partial charge is 0.492 e. The molecule has 1 fully saturated rings. The van der Waals surface area contributed by atoms with Crippen LogP contribution in [0.15, 0.2) is 84.9 Å². The number of benzene rings is 3. The Labute approximate surface area is 173 Å². The van der Waals surface area contributed by atoms with Gasteiger partial charge in [-0.1, -0.05) is 48.5 Å². The first-order valence-electron chi connectivity index (χ1n) is 10.3. The summed E-state index contributed by atoms with van der Waals surface area (Å²) in [7, 11) is 0. The molecule has 0 aliphatic carbocycles. The standard InChI is InChI=1S/C25H28N2O2/c1-3-7-23(8-4-1)27(24-9-5-2-6-10-24)21-22-11-13-25(14-12-22)29-20-17-26-15-18-28-19-16-26/h1-14H,15-21H2. The minimum atomic E-state index is 0.708. The van der Waals surface area contributed by atoms with Crippen LogP contribution in [0, 0.1) is 0 Å². The molecule has 1 aliphatic heterocycles. The van der Waals surface area contributed by atoms with Crippen LogP contribution in [0.1, 0.15) is 5.56 Å². The van der Waals surface area contributed by atoms with E-state index in [-0.39, 0.29) is 0 Å². The Balaban J connectivity index is 1.38. The van der Waals surface area contributed by atoms with Crippen molar-refractivity contribution >= 4 is 11.4 Å². The Bertz CT molecular complexity index is 808. The van der Waals surface area contributed by atoms with Crippen LogP contribution < -0.4 is 9.64 Å². The molecule has 4 heteroatoms. The van der Waals surface area contributed by atoms with E-state index in [1.165, 1.54) is 16.9 Å². The van der Waals surface area contributed by atoms with E-state index in [0.717, 1.165) is 45.1 Å². The highest BCUT2D eigenvalue weighted by Crippen LogP contribution is 2.27. The van der Waals surface area contributed by atoms with Crippen LogP contribution in [-0.4, -0.2) is 44.4 Å². The molecule has 4 nitrogen and oxygen atoms in total. The fourth-order valence-electron chi connectivity index (χ4n) is 3.54. The van der Waals surface area contributed by atoms with Gasteiger partial charge in [-0.15, -0.1) is 0 Å². The lowest BCUT2D eigenvalue weighted by Gasteiger charge is -2.26. The van der Waals surface area contributed by atoms with Crippen molar-refractivity contribution in [2.24, 2.45) is 0 Å². The number of ether oxygens (including phenoxy) is 2. The van der Waals surface area contributed by atoms with E-state index in [1.54, 1.807) is 0 Å². The summed E-state index contributed by atoms with van der Waals surface area (Å²) in [6.45, 7) is 6.11. The van der Waals surface area contributed by atoms with Gasteiger partial charge in [0, 0.05) is 37.6 Å². The van der Waals surface area contributed by atoms with E-state index in [4.69, 9.17) is 9.47 Å². The topological polar surface area (TPSA) is 24.9 Å². The molecular weight excluding hydrogens is 360 g/mol. The zero-order chi connectivity index (χ0) is 19.7. The van der Waals surface area contributed by atoms with Crippen molar-refractivity contribution in [2.75, 3.05) is 44.4 Å². The highest BCUT2D eigenvalue weighted by Gasteiger charge is 2.11. The molecule has 0 N–H and O–H groups in total. The van der Waals surface area contributed by atoms with E-state index in [1.807, 2.05) is 0 Å². The highest BCUT2D eigenvalue weighted by atomic mass is 16.5. The number of morpholine rings is 1. The molecule has 0 saturated carbocycles. The molecule has 150 valence electrons. The minimum Gasteiger partial charge on any atom is -0.492 e. The number of para-hydroxylation sites is 2. The van der Waals surface area contributed by atoms with Crippen molar-refractivity contribution < 1.29 is 9.47 Å². The summed E-state index contributed by atoms with van der Waals surface area (Å²) >= 11 is 0. The molecule has 0 bridgehead atoms. The van der Waals surface area contributed by atoms with Crippen LogP contribution in [0.2, 0.25) is 0 Å². The zero-order valence-electron chi connectivity index (χ0n) is 16.7. The molecule has 3 aromatic carbocycles. The molecule has 0 radical (unpaired) electrons. The maximum absolute atomic E-state index is 5.94. The van der Waals surface area contributed by atoms with Crippen molar-refractivity contribution in [2.45, 2.75) is 6.54 Å². The molecule has 1 aliphatic rings. The average molecular weight is 389 g/mol. The number of nitrogens with zero attached hydrogens (tertiary/aromatic N) is 2. The molecule has 0 unspecified atom stereocenters. The third-order valence-corrected chi connectivity index (χ3v) is 5.18. The second-order valence-electron chi connectivity index (χ2n) is 7.20. The van der Waals surface area contributed by atoms with Gasteiger partial charge in [0.2, 0.25) is 0 Å². The fraction of sp³-hybridized carbons (Fsp3) is 0.280. The van der Waals surface area contributed by atoms with Gasteiger partial charge in [0.25, 0.3) is 0 Å². The van der Waals surface area contributed by atoms with Crippen LogP contribution in [0.25, 0.3) is 0 Å². The van der Waals surface area contributed by atoms with E-state index in [0.29, 0.717) is 6.61 Å². The van der Waals surface area contributed by atoms with Crippen LogP contribution >= 0.6 is 0 Å². The van der Waals surface area contributed by atoms with Gasteiger partial charge >= 0.3 is 0 Å². The van der Waals surface area contributed by atoms with Crippen molar-refractivity contribution in [1.82, 2.24) is 4.90 Å². The van der Waals surface area contributed by atoms with Gasteiger partial charge in [-0.25, -0.2) is 0 Å². The molecule has 4 rings (SSSR count). The SMILES string of the molecule is c1ccc(N(Cc2ccc(OCCN3CCOCC3)cc2)c2ccccc2)cc1. The molecular formula is C25H28N2O2.